The van der Waals surface area contributed by atoms with Crippen LogP contribution in [0, 0.1) is 0 Å². The van der Waals surface area contributed by atoms with Crippen LogP contribution in [0.1, 0.15) is 44.9 Å². The number of carbonyl (C=O) groups is 4. The van der Waals surface area contributed by atoms with Crippen molar-refractivity contribution in [1.29, 1.82) is 0 Å². The quantitative estimate of drug-likeness (QED) is 0.0970. The topological polar surface area (TPSA) is 215 Å². The number of nitrogens with zero attached hydrogens (tertiary/aromatic N) is 1. The Kier molecular flexibility index (Phi) is 10.4. The molecular formula is C17H31N7O5. The van der Waals surface area contributed by atoms with E-state index in [1.165, 1.54) is 0 Å². The highest BCUT2D eigenvalue weighted by atomic mass is 16.4. The standard InChI is InChI=1S/C17H31N7O5/c18-8-2-1-4-10(23-15(27)11-6-7-13(25)22-11)14(26)24-12(16(28)29)5-3-9-21-17(19)20/h10-12H,1-9,18H2,(H,22,25)(H,23,27)(H,24,26)(H,28,29)(H4,19,20,21). The van der Waals surface area contributed by atoms with E-state index in [1.54, 1.807) is 0 Å². The number of carboxylic acid groups (broad SMARTS) is 1. The molecule has 3 amide bonds. The van der Waals surface area contributed by atoms with Crippen molar-refractivity contribution in [2.75, 3.05) is 13.1 Å². The molecule has 0 aliphatic carbocycles. The summed E-state index contributed by atoms with van der Waals surface area (Å²) in [5, 5.41) is 17.0. The maximum atomic E-state index is 12.6. The van der Waals surface area contributed by atoms with Crippen LogP contribution in [0.3, 0.4) is 0 Å². The Morgan fingerprint density at radius 2 is 1.83 bits per heavy atom. The lowest BCUT2D eigenvalue weighted by molar-refractivity contribution is -0.142. The summed E-state index contributed by atoms with van der Waals surface area (Å²) < 4.78 is 0. The number of amides is 3. The Morgan fingerprint density at radius 1 is 1.14 bits per heavy atom. The first-order chi connectivity index (χ1) is 13.7. The van der Waals surface area contributed by atoms with E-state index < -0.39 is 35.9 Å². The van der Waals surface area contributed by atoms with Crippen molar-refractivity contribution >= 4 is 29.7 Å². The van der Waals surface area contributed by atoms with Crippen LogP contribution in [-0.2, 0) is 19.2 Å². The first kappa shape index (κ1) is 24.1. The number of carboxylic acids is 1. The lowest BCUT2D eigenvalue weighted by Gasteiger charge is -2.23. The molecule has 0 spiro atoms. The fourth-order valence-corrected chi connectivity index (χ4v) is 2.88. The molecule has 0 bridgehead atoms. The van der Waals surface area contributed by atoms with Gasteiger partial charge in [-0.3, -0.25) is 19.4 Å². The molecule has 1 rings (SSSR count). The lowest BCUT2D eigenvalue weighted by Crippen LogP contribution is -2.54. The summed E-state index contributed by atoms with van der Waals surface area (Å²) in [7, 11) is 0. The van der Waals surface area contributed by atoms with Gasteiger partial charge in [0, 0.05) is 13.0 Å². The smallest absolute Gasteiger partial charge is 0.326 e. The van der Waals surface area contributed by atoms with Gasteiger partial charge in [0.05, 0.1) is 0 Å². The molecule has 3 unspecified atom stereocenters. The third kappa shape index (κ3) is 9.23. The Bertz CT molecular complexity index is 621. The summed E-state index contributed by atoms with van der Waals surface area (Å²) in [5.41, 5.74) is 15.9. The number of nitrogens with one attached hydrogen (secondary N) is 3. The van der Waals surface area contributed by atoms with Crippen molar-refractivity contribution in [2.45, 2.75) is 63.1 Å². The molecule has 12 heteroatoms. The Hall–Kier alpha value is -2.89. The minimum Gasteiger partial charge on any atom is -0.480 e. The number of hydrogen-bond acceptors (Lipinski definition) is 6. The number of aliphatic imine (C=N–C) groups is 1. The van der Waals surface area contributed by atoms with Crippen LogP contribution in [0.5, 0.6) is 0 Å². The van der Waals surface area contributed by atoms with Gasteiger partial charge in [0.1, 0.15) is 18.1 Å². The molecule has 0 aromatic rings. The van der Waals surface area contributed by atoms with Gasteiger partial charge in [0.25, 0.3) is 0 Å². The summed E-state index contributed by atoms with van der Waals surface area (Å²) in [6, 6.07) is -2.76. The van der Waals surface area contributed by atoms with Gasteiger partial charge < -0.3 is 38.3 Å². The van der Waals surface area contributed by atoms with Crippen molar-refractivity contribution in [2.24, 2.45) is 22.2 Å². The Balaban J connectivity index is 2.69. The van der Waals surface area contributed by atoms with Crippen molar-refractivity contribution < 1.29 is 24.3 Å². The van der Waals surface area contributed by atoms with Gasteiger partial charge in [-0.15, -0.1) is 0 Å². The highest BCUT2D eigenvalue weighted by Crippen LogP contribution is 2.09. The highest BCUT2D eigenvalue weighted by molar-refractivity contribution is 5.94. The minimum absolute atomic E-state index is 0.0948. The Morgan fingerprint density at radius 3 is 2.38 bits per heavy atom. The highest BCUT2D eigenvalue weighted by Gasteiger charge is 2.31. The first-order valence-corrected chi connectivity index (χ1v) is 9.63. The third-order valence-corrected chi connectivity index (χ3v) is 4.45. The second-order valence-electron chi connectivity index (χ2n) is 6.85. The largest absolute Gasteiger partial charge is 0.480 e. The van der Waals surface area contributed by atoms with Crippen molar-refractivity contribution in [3.05, 3.63) is 0 Å². The molecule has 0 saturated carbocycles. The van der Waals surface area contributed by atoms with E-state index in [4.69, 9.17) is 17.2 Å². The van der Waals surface area contributed by atoms with E-state index in [9.17, 15) is 24.3 Å². The zero-order valence-electron chi connectivity index (χ0n) is 16.4. The third-order valence-electron chi connectivity index (χ3n) is 4.45. The van der Waals surface area contributed by atoms with Crippen LogP contribution >= 0.6 is 0 Å². The summed E-state index contributed by atoms with van der Waals surface area (Å²) in [4.78, 5) is 51.5. The van der Waals surface area contributed by atoms with Crippen LogP contribution < -0.4 is 33.2 Å². The van der Waals surface area contributed by atoms with Crippen molar-refractivity contribution in [1.82, 2.24) is 16.0 Å². The molecule has 1 fully saturated rings. The zero-order valence-corrected chi connectivity index (χ0v) is 16.4. The molecule has 12 nitrogen and oxygen atoms in total. The molecule has 0 aromatic heterocycles. The van der Waals surface area contributed by atoms with Gasteiger partial charge >= 0.3 is 5.97 Å². The van der Waals surface area contributed by atoms with Gasteiger partial charge in [-0.2, -0.15) is 0 Å². The molecule has 3 atom stereocenters. The first-order valence-electron chi connectivity index (χ1n) is 9.63. The number of unbranched alkanes of at least 4 members (excludes halogenated alkanes) is 1. The van der Waals surface area contributed by atoms with Crippen LogP contribution in [0.15, 0.2) is 4.99 Å². The average Bonchev–Trinajstić information content (AvgIpc) is 3.09. The van der Waals surface area contributed by atoms with E-state index in [0.29, 0.717) is 38.6 Å². The molecule has 1 saturated heterocycles. The molecular weight excluding hydrogens is 382 g/mol. The maximum Gasteiger partial charge on any atom is 0.326 e. The summed E-state index contributed by atoms with van der Waals surface area (Å²) in [5.74, 6) is -2.58. The van der Waals surface area contributed by atoms with Crippen LogP contribution in [0.2, 0.25) is 0 Å². The normalized spacial score (nSPS) is 17.7. The summed E-state index contributed by atoms with van der Waals surface area (Å²) in [6.07, 6.45) is 2.61. The number of guanidine groups is 1. The van der Waals surface area contributed by atoms with E-state index in [-0.39, 0.29) is 31.3 Å². The number of nitrogens with two attached hydrogens (primary N) is 3. The number of aliphatic carboxylic acids is 1. The van der Waals surface area contributed by atoms with E-state index in [2.05, 4.69) is 20.9 Å². The van der Waals surface area contributed by atoms with Gasteiger partial charge in [-0.1, -0.05) is 0 Å². The minimum atomic E-state index is -1.20. The predicted molar refractivity (Wildman–Crippen MR) is 105 cm³/mol. The maximum absolute atomic E-state index is 12.6. The molecule has 0 radical (unpaired) electrons. The fourth-order valence-electron chi connectivity index (χ4n) is 2.88. The van der Waals surface area contributed by atoms with Gasteiger partial charge in [0.15, 0.2) is 5.96 Å². The number of rotatable bonds is 13. The number of carbonyl (C=O) groups excluding carboxylic acids is 3. The SMILES string of the molecule is NCCCCC(NC(=O)C1CCC(=O)N1)C(=O)NC(CCCN=C(N)N)C(=O)O. The average molecular weight is 413 g/mol. The van der Waals surface area contributed by atoms with Crippen molar-refractivity contribution in [3.8, 4) is 0 Å². The fraction of sp³-hybridized carbons (Fsp3) is 0.706. The second kappa shape index (κ2) is 12.5. The van der Waals surface area contributed by atoms with Crippen molar-refractivity contribution in [3.63, 3.8) is 0 Å². The summed E-state index contributed by atoms with van der Waals surface area (Å²) >= 11 is 0. The van der Waals surface area contributed by atoms with Crippen LogP contribution in [-0.4, -0.2) is 66.0 Å². The van der Waals surface area contributed by atoms with E-state index in [1.807, 2.05) is 0 Å². The predicted octanol–water partition coefficient (Wildman–Crippen LogP) is -2.50. The van der Waals surface area contributed by atoms with E-state index in [0.717, 1.165) is 0 Å². The second-order valence-corrected chi connectivity index (χ2v) is 6.85. The molecule has 1 aliphatic heterocycles. The molecule has 10 N–H and O–H groups in total. The Labute approximate surface area is 169 Å². The molecule has 0 aromatic carbocycles. The van der Waals surface area contributed by atoms with Gasteiger partial charge in [0.2, 0.25) is 17.7 Å². The number of hydrogen-bond donors (Lipinski definition) is 7. The zero-order chi connectivity index (χ0) is 21.8. The molecule has 164 valence electrons. The van der Waals surface area contributed by atoms with E-state index >= 15 is 0 Å². The summed E-state index contributed by atoms with van der Waals surface area (Å²) in [6.45, 7) is 0.670. The van der Waals surface area contributed by atoms with Crippen LogP contribution in [0.4, 0.5) is 0 Å². The molecule has 29 heavy (non-hydrogen) atoms. The van der Waals surface area contributed by atoms with Gasteiger partial charge in [-0.25, -0.2) is 4.79 Å². The van der Waals surface area contributed by atoms with Gasteiger partial charge in [-0.05, 0) is 45.1 Å². The lowest BCUT2D eigenvalue weighted by atomic mass is 10.1. The molecule has 1 aliphatic rings. The monoisotopic (exact) mass is 413 g/mol. The van der Waals surface area contributed by atoms with Crippen LogP contribution in [0.25, 0.3) is 0 Å². The molecule has 1 heterocycles.